The molecule has 0 saturated heterocycles. The fourth-order valence-electron chi connectivity index (χ4n) is 3.15. The molecular formula is C23H27NSe. The second-order valence-electron chi connectivity index (χ2n) is 6.55. The van der Waals surface area contributed by atoms with Crippen LogP contribution in [0, 0.1) is 0 Å². The van der Waals surface area contributed by atoms with Gasteiger partial charge in [-0.25, -0.2) is 0 Å². The maximum atomic E-state index is 4.85. The van der Waals surface area contributed by atoms with E-state index in [1.54, 1.807) is 0 Å². The molecule has 25 heavy (non-hydrogen) atoms. The van der Waals surface area contributed by atoms with Gasteiger partial charge in [-0.3, -0.25) is 0 Å². The van der Waals surface area contributed by atoms with E-state index in [1.807, 2.05) is 0 Å². The Labute approximate surface area is 158 Å². The van der Waals surface area contributed by atoms with Crippen LogP contribution in [0.25, 0.3) is 10.8 Å². The summed E-state index contributed by atoms with van der Waals surface area (Å²) in [7, 11) is 0. The number of nitrogens with zero attached hydrogens (tertiary/aromatic N) is 1. The van der Waals surface area contributed by atoms with Crippen molar-refractivity contribution >= 4 is 34.7 Å². The normalized spacial score (nSPS) is 11.1. The second kappa shape index (κ2) is 9.75. The Hall–Kier alpha value is -1.63. The first-order chi connectivity index (χ1) is 12.4. The SMILES string of the molecule is CCCCCCCCc1ncc2ccccc2c1[Se]c1ccccc1. The standard InChI is InChI=1S/C23H27NSe/c1-2-3-4-5-6-10-17-22-23(25-20-14-8-7-9-15-20)21-16-12-11-13-19(21)18-24-22/h7-9,11-16,18H,2-6,10,17H2,1H3. The third kappa shape index (κ3) is 5.17. The number of hydrogen-bond acceptors (Lipinski definition) is 1. The van der Waals surface area contributed by atoms with Crippen LogP contribution in [0.1, 0.15) is 51.1 Å². The molecule has 0 amide bonds. The van der Waals surface area contributed by atoms with E-state index >= 15 is 0 Å². The maximum absolute atomic E-state index is 4.85. The van der Waals surface area contributed by atoms with E-state index < -0.39 is 0 Å². The van der Waals surface area contributed by atoms with Crippen LogP contribution in [-0.2, 0) is 6.42 Å². The van der Waals surface area contributed by atoms with Crippen molar-refractivity contribution in [3.8, 4) is 0 Å². The van der Waals surface area contributed by atoms with Crippen molar-refractivity contribution in [2.45, 2.75) is 51.9 Å². The molecule has 3 aromatic rings. The minimum absolute atomic E-state index is 0.312. The van der Waals surface area contributed by atoms with Gasteiger partial charge in [0.2, 0.25) is 0 Å². The summed E-state index contributed by atoms with van der Waals surface area (Å²) in [4.78, 5) is 4.85. The molecule has 0 N–H and O–H groups in total. The zero-order valence-corrected chi connectivity index (χ0v) is 16.8. The predicted molar refractivity (Wildman–Crippen MR) is 110 cm³/mol. The van der Waals surface area contributed by atoms with E-state index in [-0.39, 0.29) is 0 Å². The molecule has 0 fully saturated rings. The fourth-order valence-corrected chi connectivity index (χ4v) is 5.45. The minimum atomic E-state index is 0.312. The Kier molecular flexibility index (Phi) is 7.09. The first-order valence-corrected chi connectivity index (χ1v) is 11.2. The van der Waals surface area contributed by atoms with Crippen LogP contribution in [0.5, 0.6) is 0 Å². The van der Waals surface area contributed by atoms with Gasteiger partial charge in [0, 0.05) is 0 Å². The van der Waals surface area contributed by atoms with Gasteiger partial charge in [-0.2, -0.15) is 0 Å². The molecule has 130 valence electrons. The van der Waals surface area contributed by atoms with Gasteiger partial charge in [-0.1, -0.05) is 0 Å². The summed E-state index contributed by atoms with van der Waals surface area (Å²) in [6.07, 6.45) is 11.2. The molecule has 2 heteroatoms. The molecule has 0 bridgehead atoms. The monoisotopic (exact) mass is 397 g/mol. The van der Waals surface area contributed by atoms with Gasteiger partial charge in [0.05, 0.1) is 0 Å². The Morgan fingerprint density at radius 2 is 1.52 bits per heavy atom. The Morgan fingerprint density at radius 3 is 2.36 bits per heavy atom. The number of unbranched alkanes of at least 4 members (excludes halogenated alkanes) is 5. The molecule has 0 radical (unpaired) electrons. The van der Waals surface area contributed by atoms with E-state index in [2.05, 4.69) is 67.7 Å². The summed E-state index contributed by atoms with van der Waals surface area (Å²) < 4.78 is 2.91. The van der Waals surface area contributed by atoms with Gasteiger partial charge in [0.25, 0.3) is 0 Å². The van der Waals surface area contributed by atoms with E-state index in [0.717, 1.165) is 6.42 Å². The molecule has 2 aromatic carbocycles. The van der Waals surface area contributed by atoms with Crippen molar-refractivity contribution < 1.29 is 0 Å². The van der Waals surface area contributed by atoms with Crippen LogP contribution in [0.2, 0.25) is 0 Å². The molecule has 3 rings (SSSR count). The topological polar surface area (TPSA) is 12.9 Å². The first-order valence-electron chi connectivity index (χ1n) is 9.48. The molecular weight excluding hydrogens is 369 g/mol. The van der Waals surface area contributed by atoms with E-state index in [1.165, 1.54) is 63.9 Å². The zero-order chi connectivity index (χ0) is 17.3. The van der Waals surface area contributed by atoms with Gasteiger partial charge in [-0.15, -0.1) is 0 Å². The summed E-state index contributed by atoms with van der Waals surface area (Å²) >= 11 is 0.312. The number of pyridine rings is 1. The van der Waals surface area contributed by atoms with Crippen molar-refractivity contribution in [3.05, 3.63) is 66.5 Å². The van der Waals surface area contributed by atoms with Crippen molar-refractivity contribution in [2.24, 2.45) is 0 Å². The second-order valence-corrected chi connectivity index (χ2v) is 8.83. The first kappa shape index (κ1) is 18.2. The quantitative estimate of drug-likeness (QED) is 0.374. The molecule has 0 aliphatic carbocycles. The van der Waals surface area contributed by atoms with E-state index in [9.17, 15) is 0 Å². The molecule has 1 nitrogen and oxygen atoms in total. The van der Waals surface area contributed by atoms with Gasteiger partial charge < -0.3 is 0 Å². The summed E-state index contributed by atoms with van der Waals surface area (Å²) in [5.74, 6) is 0. The Morgan fingerprint density at radius 1 is 0.800 bits per heavy atom. The van der Waals surface area contributed by atoms with Gasteiger partial charge in [-0.05, 0) is 0 Å². The van der Waals surface area contributed by atoms with Crippen molar-refractivity contribution in [1.29, 1.82) is 0 Å². The molecule has 0 aliphatic rings. The summed E-state index contributed by atoms with van der Waals surface area (Å²) in [6, 6.07) is 19.6. The molecule has 1 heterocycles. The number of fused-ring (bicyclic) bond motifs is 1. The molecule has 0 spiro atoms. The average Bonchev–Trinajstić information content (AvgIpc) is 2.67. The van der Waals surface area contributed by atoms with Crippen molar-refractivity contribution in [2.75, 3.05) is 0 Å². The number of aryl methyl sites for hydroxylation is 1. The van der Waals surface area contributed by atoms with Crippen LogP contribution >= 0.6 is 0 Å². The van der Waals surface area contributed by atoms with Gasteiger partial charge in [0.15, 0.2) is 0 Å². The van der Waals surface area contributed by atoms with Crippen molar-refractivity contribution in [3.63, 3.8) is 0 Å². The Balaban J connectivity index is 1.78. The van der Waals surface area contributed by atoms with E-state index in [4.69, 9.17) is 4.98 Å². The molecule has 1 aromatic heterocycles. The van der Waals surface area contributed by atoms with Crippen molar-refractivity contribution in [1.82, 2.24) is 4.98 Å². The fraction of sp³-hybridized carbons (Fsp3) is 0.348. The number of aromatic nitrogens is 1. The van der Waals surface area contributed by atoms with Gasteiger partial charge >= 0.3 is 158 Å². The molecule has 0 saturated carbocycles. The van der Waals surface area contributed by atoms with E-state index in [0.29, 0.717) is 15.0 Å². The zero-order valence-electron chi connectivity index (χ0n) is 15.1. The van der Waals surface area contributed by atoms with Crippen LogP contribution < -0.4 is 8.92 Å². The summed E-state index contributed by atoms with van der Waals surface area (Å²) in [5, 5.41) is 2.66. The number of rotatable bonds is 9. The molecule has 0 atom stereocenters. The molecule has 0 aliphatic heterocycles. The van der Waals surface area contributed by atoms with Crippen LogP contribution in [0.4, 0.5) is 0 Å². The summed E-state index contributed by atoms with van der Waals surface area (Å²) in [5.41, 5.74) is 1.32. The third-order valence-electron chi connectivity index (χ3n) is 4.56. The summed E-state index contributed by atoms with van der Waals surface area (Å²) in [6.45, 7) is 2.27. The van der Waals surface area contributed by atoms with Crippen LogP contribution in [0.3, 0.4) is 0 Å². The van der Waals surface area contributed by atoms with Crippen LogP contribution in [-0.4, -0.2) is 19.9 Å². The van der Waals surface area contributed by atoms with Crippen LogP contribution in [0.15, 0.2) is 60.8 Å². The molecule has 0 unspecified atom stereocenters. The number of hydrogen-bond donors (Lipinski definition) is 0. The number of benzene rings is 2. The predicted octanol–water partition coefficient (Wildman–Crippen LogP) is 4.79. The van der Waals surface area contributed by atoms with Gasteiger partial charge in [0.1, 0.15) is 0 Å². The Bertz CT molecular complexity index is 782. The average molecular weight is 396 g/mol. The third-order valence-corrected chi connectivity index (χ3v) is 7.01.